The third-order valence-electron chi connectivity index (χ3n) is 1.99. The molecule has 4 nitrogen and oxygen atoms in total. The predicted molar refractivity (Wildman–Crippen MR) is 57.4 cm³/mol. The van der Waals surface area contributed by atoms with Gasteiger partial charge in [-0.25, -0.2) is 22.4 Å². The van der Waals surface area contributed by atoms with Crippen LogP contribution in [0.2, 0.25) is 0 Å². The number of amides is 2. The molecule has 1 rings (SSSR count). The van der Waals surface area contributed by atoms with Gasteiger partial charge in [0.05, 0.1) is 18.8 Å². The number of halogens is 4. The molecule has 0 aliphatic rings. The zero-order valence-corrected chi connectivity index (χ0v) is 9.14. The van der Waals surface area contributed by atoms with Crippen LogP contribution in [0, 0.1) is 11.6 Å². The zero-order chi connectivity index (χ0) is 13.8. The quantitative estimate of drug-likeness (QED) is 0.725. The van der Waals surface area contributed by atoms with Crippen molar-refractivity contribution in [1.29, 1.82) is 0 Å². The number of anilines is 1. The highest BCUT2D eigenvalue weighted by molar-refractivity contribution is 5.89. The van der Waals surface area contributed by atoms with E-state index in [2.05, 4.69) is 0 Å². The molecule has 0 aliphatic heterocycles. The summed E-state index contributed by atoms with van der Waals surface area (Å²) in [6, 6.07) is 1.43. The van der Waals surface area contributed by atoms with Crippen molar-refractivity contribution in [2.24, 2.45) is 5.73 Å². The highest BCUT2D eigenvalue weighted by Crippen LogP contribution is 2.15. The average molecular weight is 265 g/mol. The number of carbonyl (C=O) groups is 1. The molecular formula is C10H11F4N3O. The first kappa shape index (κ1) is 14.2. The van der Waals surface area contributed by atoms with Crippen molar-refractivity contribution in [1.82, 2.24) is 5.32 Å². The van der Waals surface area contributed by atoms with Crippen LogP contribution in [0.5, 0.6) is 0 Å². The van der Waals surface area contributed by atoms with E-state index in [0.717, 1.165) is 12.1 Å². The van der Waals surface area contributed by atoms with Crippen LogP contribution in [0.3, 0.4) is 0 Å². The van der Waals surface area contributed by atoms with E-state index in [1.165, 1.54) is 0 Å². The van der Waals surface area contributed by atoms with Gasteiger partial charge in [-0.15, -0.1) is 0 Å². The van der Waals surface area contributed by atoms with E-state index in [-0.39, 0.29) is 5.69 Å². The maximum Gasteiger partial charge on any atom is 0.319 e. The monoisotopic (exact) mass is 265 g/mol. The Hall–Kier alpha value is -1.83. The molecule has 1 aromatic carbocycles. The molecule has 0 unspecified atom stereocenters. The SMILES string of the molecule is NCC(F)(F)CNC(=O)Nc1ccc(F)cc1F. The third kappa shape index (κ3) is 4.21. The fourth-order valence-corrected chi connectivity index (χ4v) is 1.04. The molecule has 18 heavy (non-hydrogen) atoms. The molecule has 8 heteroatoms. The topological polar surface area (TPSA) is 67.1 Å². The molecule has 100 valence electrons. The van der Waals surface area contributed by atoms with Crippen molar-refractivity contribution in [3.8, 4) is 0 Å². The molecule has 0 aliphatic carbocycles. The van der Waals surface area contributed by atoms with Crippen LogP contribution < -0.4 is 16.4 Å². The van der Waals surface area contributed by atoms with E-state index < -0.39 is 36.7 Å². The average Bonchev–Trinajstić information content (AvgIpc) is 2.30. The van der Waals surface area contributed by atoms with Crippen molar-refractivity contribution >= 4 is 11.7 Å². The minimum absolute atomic E-state index is 0.315. The summed E-state index contributed by atoms with van der Waals surface area (Å²) >= 11 is 0. The number of nitrogens with one attached hydrogen (secondary N) is 2. The molecule has 2 amide bonds. The second-order valence-electron chi connectivity index (χ2n) is 3.49. The first-order chi connectivity index (χ1) is 8.34. The largest absolute Gasteiger partial charge is 0.332 e. The molecule has 0 bridgehead atoms. The van der Waals surface area contributed by atoms with Gasteiger partial charge in [-0.05, 0) is 12.1 Å². The lowest BCUT2D eigenvalue weighted by molar-refractivity contribution is 0.0148. The van der Waals surface area contributed by atoms with Gasteiger partial charge in [-0.1, -0.05) is 0 Å². The predicted octanol–water partition coefficient (Wildman–Crippen LogP) is 1.68. The summed E-state index contributed by atoms with van der Waals surface area (Å²) in [6.07, 6.45) is 0. The van der Waals surface area contributed by atoms with Crippen LogP contribution >= 0.6 is 0 Å². The van der Waals surface area contributed by atoms with Gasteiger partial charge in [0, 0.05) is 6.07 Å². The minimum Gasteiger partial charge on any atom is -0.332 e. The number of hydrogen-bond acceptors (Lipinski definition) is 2. The molecule has 4 N–H and O–H groups in total. The number of urea groups is 1. The van der Waals surface area contributed by atoms with Gasteiger partial charge in [0.1, 0.15) is 11.6 Å². The molecule has 0 saturated heterocycles. The van der Waals surface area contributed by atoms with Gasteiger partial charge in [0.2, 0.25) is 0 Å². The van der Waals surface area contributed by atoms with Crippen LogP contribution in [0.15, 0.2) is 18.2 Å². The minimum atomic E-state index is -3.24. The Balaban J connectivity index is 2.55. The summed E-state index contributed by atoms with van der Waals surface area (Å²) in [7, 11) is 0. The van der Waals surface area contributed by atoms with E-state index in [0.29, 0.717) is 6.07 Å². The van der Waals surface area contributed by atoms with Crippen LogP contribution in [-0.4, -0.2) is 25.0 Å². The van der Waals surface area contributed by atoms with Gasteiger partial charge >= 0.3 is 6.03 Å². The van der Waals surface area contributed by atoms with Crippen molar-refractivity contribution in [3.05, 3.63) is 29.8 Å². The molecular weight excluding hydrogens is 254 g/mol. The summed E-state index contributed by atoms with van der Waals surface area (Å²) in [5.74, 6) is -5.05. The normalized spacial score (nSPS) is 11.2. The lowest BCUT2D eigenvalue weighted by Gasteiger charge is -2.15. The van der Waals surface area contributed by atoms with Crippen LogP contribution in [0.25, 0.3) is 0 Å². The Bertz CT molecular complexity index is 439. The highest BCUT2D eigenvalue weighted by Gasteiger charge is 2.27. The van der Waals surface area contributed by atoms with Crippen molar-refractivity contribution < 1.29 is 22.4 Å². The molecule has 0 atom stereocenters. The number of hydrogen-bond donors (Lipinski definition) is 3. The molecule has 0 aromatic heterocycles. The number of carbonyl (C=O) groups excluding carboxylic acids is 1. The summed E-state index contributed by atoms with van der Waals surface area (Å²) in [4.78, 5) is 11.2. The van der Waals surface area contributed by atoms with Crippen LogP contribution in [-0.2, 0) is 0 Å². The molecule has 1 aromatic rings. The van der Waals surface area contributed by atoms with Gasteiger partial charge < -0.3 is 16.4 Å². The number of nitrogens with two attached hydrogens (primary N) is 1. The molecule has 0 spiro atoms. The van der Waals surface area contributed by atoms with E-state index >= 15 is 0 Å². The fraction of sp³-hybridized carbons (Fsp3) is 0.300. The zero-order valence-electron chi connectivity index (χ0n) is 9.14. The number of alkyl halides is 2. The summed E-state index contributed by atoms with van der Waals surface area (Å²) in [5, 5.41) is 3.79. The number of rotatable bonds is 4. The molecule has 0 saturated carbocycles. The Morgan fingerprint density at radius 3 is 2.56 bits per heavy atom. The van der Waals surface area contributed by atoms with Crippen LogP contribution in [0.4, 0.5) is 28.0 Å². The number of benzene rings is 1. The summed E-state index contributed by atoms with van der Waals surface area (Å²) < 4.78 is 51.0. The highest BCUT2D eigenvalue weighted by atomic mass is 19.3. The molecule has 0 heterocycles. The maximum absolute atomic E-state index is 13.1. The Labute approximate surface area is 100 Å². The van der Waals surface area contributed by atoms with Gasteiger partial charge in [0.25, 0.3) is 5.92 Å². The Kier molecular flexibility index (Phi) is 4.49. The Morgan fingerprint density at radius 1 is 1.33 bits per heavy atom. The van der Waals surface area contributed by atoms with E-state index in [1.54, 1.807) is 0 Å². The van der Waals surface area contributed by atoms with Gasteiger partial charge in [0.15, 0.2) is 0 Å². The second kappa shape index (κ2) is 5.67. The standard InChI is InChI=1S/C10H11F4N3O/c11-6-1-2-8(7(12)3-6)17-9(18)16-5-10(13,14)4-15/h1-3H,4-5,15H2,(H2,16,17,18). The Morgan fingerprint density at radius 2 is 2.00 bits per heavy atom. The van der Waals surface area contributed by atoms with Gasteiger partial charge in [-0.3, -0.25) is 0 Å². The van der Waals surface area contributed by atoms with E-state index in [1.807, 2.05) is 10.6 Å². The first-order valence-electron chi connectivity index (χ1n) is 4.92. The third-order valence-corrected chi connectivity index (χ3v) is 1.99. The van der Waals surface area contributed by atoms with E-state index in [4.69, 9.17) is 5.73 Å². The smallest absolute Gasteiger partial charge is 0.319 e. The molecule has 0 radical (unpaired) electrons. The van der Waals surface area contributed by atoms with Crippen molar-refractivity contribution in [2.75, 3.05) is 18.4 Å². The van der Waals surface area contributed by atoms with E-state index in [9.17, 15) is 22.4 Å². The van der Waals surface area contributed by atoms with Crippen molar-refractivity contribution in [3.63, 3.8) is 0 Å². The lowest BCUT2D eigenvalue weighted by atomic mass is 10.3. The summed E-state index contributed by atoms with van der Waals surface area (Å²) in [5.41, 5.74) is 4.45. The summed E-state index contributed by atoms with van der Waals surface area (Å²) in [6.45, 7) is -1.89. The fourth-order valence-electron chi connectivity index (χ4n) is 1.04. The maximum atomic E-state index is 13.1. The molecule has 0 fully saturated rings. The second-order valence-corrected chi connectivity index (χ2v) is 3.49. The van der Waals surface area contributed by atoms with Gasteiger partial charge in [-0.2, -0.15) is 0 Å². The van der Waals surface area contributed by atoms with Crippen molar-refractivity contribution in [2.45, 2.75) is 5.92 Å². The lowest BCUT2D eigenvalue weighted by Crippen LogP contribution is -2.43. The first-order valence-corrected chi connectivity index (χ1v) is 4.92. The van der Waals surface area contributed by atoms with Crippen LogP contribution in [0.1, 0.15) is 0 Å².